The van der Waals surface area contributed by atoms with E-state index in [2.05, 4.69) is 20.7 Å². The maximum absolute atomic E-state index is 12.2. The van der Waals surface area contributed by atoms with E-state index in [9.17, 15) is 4.79 Å². The van der Waals surface area contributed by atoms with Gasteiger partial charge >= 0.3 is 0 Å². The Morgan fingerprint density at radius 2 is 1.84 bits per heavy atom. The molecular formula is C20H20N4O. The van der Waals surface area contributed by atoms with Crippen LogP contribution in [-0.4, -0.2) is 22.3 Å². The van der Waals surface area contributed by atoms with Crippen molar-refractivity contribution in [3.8, 4) is 11.3 Å². The lowest BCUT2D eigenvalue weighted by molar-refractivity contribution is -0.124. The Labute approximate surface area is 146 Å². The summed E-state index contributed by atoms with van der Waals surface area (Å²) in [6.45, 7) is 1.89. The highest BCUT2D eigenvalue weighted by Gasteiger charge is 2.12. The molecule has 3 rings (SSSR count). The van der Waals surface area contributed by atoms with Crippen LogP contribution in [0.25, 0.3) is 11.3 Å². The zero-order valence-electron chi connectivity index (χ0n) is 14.0. The molecule has 0 unspecified atom stereocenters. The first kappa shape index (κ1) is 16.6. The summed E-state index contributed by atoms with van der Waals surface area (Å²) in [7, 11) is 0. The Bertz CT molecular complexity index is 840. The van der Waals surface area contributed by atoms with E-state index in [0.29, 0.717) is 6.42 Å². The van der Waals surface area contributed by atoms with Gasteiger partial charge in [-0.05, 0) is 12.0 Å². The van der Waals surface area contributed by atoms with Crippen molar-refractivity contribution >= 4 is 12.1 Å². The first-order valence-corrected chi connectivity index (χ1v) is 8.19. The molecule has 1 amide bonds. The van der Waals surface area contributed by atoms with E-state index in [1.165, 1.54) is 0 Å². The molecule has 0 aliphatic heterocycles. The van der Waals surface area contributed by atoms with Gasteiger partial charge in [0.15, 0.2) is 0 Å². The number of rotatable bonds is 6. The summed E-state index contributed by atoms with van der Waals surface area (Å²) in [4.78, 5) is 12.2. The third kappa shape index (κ3) is 4.41. The Kier molecular flexibility index (Phi) is 5.36. The van der Waals surface area contributed by atoms with Gasteiger partial charge in [-0.2, -0.15) is 10.2 Å². The number of H-pyrrole nitrogens is 1. The lowest BCUT2D eigenvalue weighted by Gasteiger charge is -2.09. The minimum Gasteiger partial charge on any atom is -0.277 e. The molecule has 1 atom stereocenters. The quantitative estimate of drug-likeness (QED) is 0.536. The largest absolute Gasteiger partial charge is 0.277 e. The van der Waals surface area contributed by atoms with Crippen molar-refractivity contribution < 1.29 is 4.79 Å². The van der Waals surface area contributed by atoms with E-state index in [0.717, 1.165) is 22.4 Å². The fraction of sp³-hybridized carbons (Fsp3) is 0.150. The molecule has 25 heavy (non-hydrogen) atoms. The Morgan fingerprint density at radius 1 is 1.16 bits per heavy atom. The monoisotopic (exact) mass is 332 g/mol. The number of nitrogens with one attached hydrogen (secondary N) is 2. The van der Waals surface area contributed by atoms with Crippen LogP contribution in [0.3, 0.4) is 0 Å². The van der Waals surface area contributed by atoms with Crippen molar-refractivity contribution in [2.45, 2.75) is 13.3 Å². The van der Waals surface area contributed by atoms with Gasteiger partial charge in [-0.3, -0.25) is 9.89 Å². The fourth-order valence-corrected chi connectivity index (χ4v) is 2.57. The second-order valence-electron chi connectivity index (χ2n) is 5.89. The van der Waals surface area contributed by atoms with E-state index < -0.39 is 0 Å². The maximum atomic E-state index is 12.2. The van der Waals surface area contributed by atoms with Gasteiger partial charge in [-0.15, -0.1) is 0 Å². The van der Waals surface area contributed by atoms with Crippen LogP contribution in [-0.2, 0) is 11.2 Å². The van der Waals surface area contributed by atoms with Gasteiger partial charge in [-0.25, -0.2) is 5.43 Å². The van der Waals surface area contributed by atoms with Crippen molar-refractivity contribution in [2.75, 3.05) is 0 Å². The Morgan fingerprint density at radius 3 is 2.56 bits per heavy atom. The number of carbonyl (C=O) groups excluding carboxylic acids is 1. The van der Waals surface area contributed by atoms with Crippen LogP contribution < -0.4 is 5.43 Å². The topological polar surface area (TPSA) is 70.1 Å². The van der Waals surface area contributed by atoms with E-state index in [1.807, 2.05) is 67.6 Å². The van der Waals surface area contributed by atoms with Crippen LogP contribution >= 0.6 is 0 Å². The number of benzene rings is 2. The number of amides is 1. The van der Waals surface area contributed by atoms with Crippen molar-refractivity contribution in [2.24, 2.45) is 11.0 Å². The van der Waals surface area contributed by atoms with Crippen LogP contribution in [0, 0.1) is 5.92 Å². The molecule has 0 aliphatic rings. The molecule has 0 radical (unpaired) electrons. The number of hydrazone groups is 1. The van der Waals surface area contributed by atoms with Gasteiger partial charge in [0.25, 0.3) is 0 Å². The maximum Gasteiger partial charge on any atom is 0.243 e. The highest BCUT2D eigenvalue weighted by Crippen LogP contribution is 2.18. The second kappa shape index (κ2) is 8.06. The van der Waals surface area contributed by atoms with Crippen LogP contribution in [0.15, 0.2) is 72.0 Å². The van der Waals surface area contributed by atoms with Crippen molar-refractivity contribution in [1.29, 1.82) is 0 Å². The van der Waals surface area contributed by atoms with Crippen LogP contribution in [0.1, 0.15) is 18.1 Å². The predicted molar refractivity (Wildman–Crippen MR) is 99.1 cm³/mol. The number of hydrogen-bond donors (Lipinski definition) is 2. The van der Waals surface area contributed by atoms with E-state index in [4.69, 9.17) is 0 Å². The Balaban J connectivity index is 1.60. The standard InChI is InChI=1S/C20H20N4O/c1-15(12-16-8-4-2-5-9-16)20(25)24-22-14-18-13-21-23-19(18)17-10-6-3-7-11-17/h2-11,13-15H,12H2,1H3,(H,21,23)(H,24,25)/b22-14+/t15-/m1/s1. The molecule has 3 aromatic rings. The summed E-state index contributed by atoms with van der Waals surface area (Å²) in [5.41, 5.74) is 6.45. The average Bonchev–Trinajstić information content (AvgIpc) is 3.11. The summed E-state index contributed by atoms with van der Waals surface area (Å²) in [6.07, 6.45) is 3.98. The zero-order valence-corrected chi connectivity index (χ0v) is 14.0. The fourth-order valence-electron chi connectivity index (χ4n) is 2.57. The minimum atomic E-state index is -0.155. The highest BCUT2D eigenvalue weighted by atomic mass is 16.2. The smallest absolute Gasteiger partial charge is 0.243 e. The number of aromatic amines is 1. The van der Waals surface area contributed by atoms with Gasteiger partial charge in [0, 0.05) is 17.0 Å². The normalized spacial score (nSPS) is 12.2. The van der Waals surface area contributed by atoms with Crippen molar-refractivity contribution in [1.82, 2.24) is 15.6 Å². The van der Waals surface area contributed by atoms with Crippen LogP contribution in [0.4, 0.5) is 0 Å². The molecule has 1 heterocycles. The number of aromatic nitrogens is 2. The highest BCUT2D eigenvalue weighted by molar-refractivity contribution is 5.89. The lowest BCUT2D eigenvalue weighted by atomic mass is 10.0. The third-order valence-corrected chi connectivity index (χ3v) is 3.94. The second-order valence-corrected chi connectivity index (χ2v) is 5.89. The number of hydrogen-bond acceptors (Lipinski definition) is 3. The molecular weight excluding hydrogens is 312 g/mol. The van der Waals surface area contributed by atoms with Crippen molar-refractivity contribution in [3.05, 3.63) is 78.0 Å². The van der Waals surface area contributed by atoms with Crippen LogP contribution in [0.2, 0.25) is 0 Å². The molecule has 2 N–H and O–H groups in total. The van der Waals surface area contributed by atoms with Gasteiger partial charge in [0.05, 0.1) is 18.1 Å². The van der Waals surface area contributed by atoms with Crippen LogP contribution in [0.5, 0.6) is 0 Å². The molecule has 0 bridgehead atoms. The number of carbonyl (C=O) groups is 1. The SMILES string of the molecule is C[C@H](Cc1ccccc1)C(=O)N/N=C/c1cn[nH]c1-c1ccccc1. The lowest BCUT2D eigenvalue weighted by Crippen LogP contribution is -2.26. The number of nitrogens with zero attached hydrogens (tertiary/aromatic N) is 2. The van der Waals surface area contributed by atoms with Crippen molar-refractivity contribution in [3.63, 3.8) is 0 Å². The molecule has 126 valence electrons. The zero-order chi connectivity index (χ0) is 17.5. The summed E-state index contributed by atoms with van der Waals surface area (Å²) < 4.78 is 0. The molecule has 0 fully saturated rings. The van der Waals surface area contributed by atoms with E-state index >= 15 is 0 Å². The van der Waals surface area contributed by atoms with Gasteiger partial charge in [0.1, 0.15) is 0 Å². The predicted octanol–water partition coefficient (Wildman–Crippen LogP) is 3.41. The molecule has 0 saturated heterocycles. The molecule has 0 saturated carbocycles. The molecule has 1 aromatic heterocycles. The van der Waals surface area contributed by atoms with Gasteiger partial charge in [-0.1, -0.05) is 67.6 Å². The van der Waals surface area contributed by atoms with Gasteiger partial charge in [0.2, 0.25) is 5.91 Å². The van der Waals surface area contributed by atoms with Gasteiger partial charge < -0.3 is 0 Å². The first-order chi connectivity index (χ1) is 12.2. The first-order valence-electron chi connectivity index (χ1n) is 8.19. The molecule has 0 spiro atoms. The average molecular weight is 332 g/mol. The summed E-state index contributed by atoms with van der Waals surface area (Å²) >= 11 is 0. The summed E-state index contributed by atoms with van der Waals surface area (Å²) in [5, 5.41) is 11.1. The summed E-state index contributed by atoms with van der Waals surface area (Å²) in [5.74, 6) is -0.262. The minimum absolute atomic E-state index is 0.107. The van der Waals surface area contributed by atoms with E-state index in [-0.39, 0.29) is 11.8 Å². The molecule has 5 nitrogen and oxygen atoms in total. The molecule has 5 heteroatoms. The Hall–Kier alpha value is -3.21. The third-order valence-electron chi connectivity index (χ3n) is 3.94. The molecule has 2 aromatic carbocycles. The summed E-state index contributed by atoms with van der Waals surface area (Å²) in [6, 6.07) is 19.8. The van der Waals surface area contributed by atoms with E-state index in [1.54, 1.807) is 12.4 Å². The molecule has 0 aliphatic carbocycles.